The molecule has 4 nitrogen and oxygen atoms in total. The summed E-state index contributed by atoms with van der Waals surface area (Å²) in [6.07, 6.45) is 5.00. The number of likely N-dealkylation sites (tertiary alicyclic amines) is 1. The summed E-state index contributed by atoms with van der Waals surface area (Å²) in [5.41, 5.74) is -0.622. The van der Waals surface area contributed by atoms with Gasteiger partial charge in [-0.25, -0.2) is 0 Å². The van der Waals surface area contributed by atoms with Crippen molar-refractivity contribution in [2.45, 2.75) is 64.0 Å². The van der Waals surface area contributed by atoms with Gasteiger partial charge in [0.1, 0.15) is 6.04 Å². The molecule has 0 spiro atoms. The van der Waals surface area contributed by atoms with E-state index < -0.39 is 11.6 Å². The van der Waals surface area contributed by atoms with Gasteiger partial charge >= 0.3 is 5.97 Å². The van der Waals surface area contributed by atoms with Crippen LogP contribution in [0.1, 0.15) is 52.4 Å². The lowest BCUT2D eigenvalue weighted by atomic mass is 9.98. The number of aliphatic carboxylic acids is 1. The van der Waals surface area contributed by atoms with Crippen molar-refractivity contribution in [3.8, 4) is 0 Å². The molecule has 0 aromatic carbocycles. The lowest BCUT2D eigenvalue weighted by molar-refractivity contribution is -0.143. The second-order valence-electron chi connectivity index (χ2n) is 5.38. The summed E-state index contributed by atoms with van der Waals surface area (Å²) in [5, 5.41) is 19.3. The maximum Gasteiger partial charge on any atom is 0.320 e. The fourth-order valence-electron chi connectivity index (χ4n) is 2.46. The molecular weight excluding hydrogens is 218 g/mol. The van der Waals surface area contributed by atoms with Gasteiger partial charge in [0, 0.05) is 6.54 Å². The molecule has 0 radical (unpaired) electrons. The van der Waals surface area contributed by atoms with Crippen molar-refractivity contribution in [3.05, 3.63) is 0 Å². The van der Waals surface area contributed by atoms with E-state index in [2.05, 4.69) is 6.92 Å². The lowest BCUT2D eigenvalue weighted by Crippen LogP contribution is -2.42. The number of hydrogen-bond donors (Lipinski definition) is 2. The minimum atomic E-state index is -0.722. The molecule has 2 unspecified atom stereocenters. The maximum atomic E-state index is 11.3. The van der Waals surface area contributed by atoms with Gasteiger partial charge in [-0.3, -0.25) is 9.69 Å². The number of nitrogens with zero attached hydrogens (tertiary/aromatic N) is 1. The standard InChI is InChI=1S/C13H25NO3/c1-3-4-6-11(12(15)16)14-9-5-7-13(2,17)8-10-14/h11,17H,3-10H2,1-2H3,(H,15,16). The van der Waals surface area contributed by atoms with E-state index in [1.54, 1.807) is 0 Å². The van der Waals surface area contributed by atoms with Crippen LogP contribution in [0, 0.1) is 0 Å². The number of unbranched alkanes of at least 4 members (excludes halogenated alkanes) is 1. The van der Waals surface area contributed by atoms with Crippen LogP contribution in [0.4, 0.5) is 0 Å². The van der Waals surface area contributed by atoms with Gasteiger partial charge in [-0.1, -0.05) is 19.8 Å². The molecule has 0 aromatic rings. The van der Waals surface area contributed by atoms with Crippen LogP contribution in [-0.2, 0) is 4.79 Å². The maximum absolute atomic E-state index is 11.3. The Bertz CT molecular complexity index is 253. The summed E-state index contributed by atoms with van der Waals surface area (Å²) in [7, 11) is 0. The minimum Gasteiger partial charge on any atom is -0.480 e. The highest BCUT2D eigenvalue weighted by atomic mass is 16.4. The zero-order chi connectivity index (χ0) is 12.9. The molecule has 0 aliphatic carbocycles. The quantitative estimate of drug-likeness (QED) is 0.774. The number of rotatable bonds is 5. The molecular formula is C13H25NO3. The van der Waals surface area contributed by atoms with E-state index in [1.165, 1.54) is 0 Å². The van der Waals surface area contributed by atoms with Crippen LogP contribution < -0.4 is 0 Å². The third-order valence-electron chi connectivity index (χ3n) is 3.66. The van der Waals surface area contributed by atoms with Gasteiger partial charge in [0.25, 0.3) is 0 Å². The smallest absolute Gasteiger partial charge is 0.320 e. The highest BCUT2D eigenvalue weighted by Gasteiger charge is 2.30. The fourth-order valence-corrected chi connectivity index (χ4v) is 2.46. The molecule has 4 heteroatoms. The van der Waals surface area contributed by atoms with Crippen molar-refractivity contribution in [3.63, 3.8) is 0 Å². The second kappa shape index (κ2) is 6.36. The van der Waals surface area contributed by atoms with Gasteiger partial charge in [-0.05, 0) is 39.2 Å². The molecule has 1 aliphatic heterocycles. The second-order valence-corrected chi connectivity index (χ2v) is 5.38. The first-order valence-corrected chi connectivity index (χ1v) is 6.65. The van der Waals surface area contributed by atoms with Crippen LogP contribution in [0.2, 0.25) is 0 Å². The monoisotopic (exact) mass is 243 g/mol. The Balaban J connectivity index is 2.58. The summed E-state index contributed by atoms with van der Waals surface area (Å²) in [5.74, 6) is -0.722. The molecule has 1 fully saturated rings. The molecule has 2 atom stereocenters. The summed E-state index contributed by atoms with van der Waals surface area (Å²) < 4.78 is 0. The third-order valence-corrected chi connectivity index (χ3v) is 3.66. The Hall–Kier alpha value is -0.610. The largest absolute Gasteiger partial charge is 0.480 e. The average molecular weight is 243 g/mol. The van der Waals surface area contributed by atoms with E-state index in [0.717, 1.165) is 32.2 Å². The average Bonchev–Trinajstić information content (AvgIpc) is 2.40. The molecule has 0 amide bonds. The molecule has 0 saturated carbocycles. The van der Waals surface area contributed by atoms with Crippen molar-refractivity contribution < 1.29 is 15.0 Å². The van der Waals surface area contributed by atoms with E-state index in [4.69, 9.17) is 0 Å². The minimum absolute atomic E-state index is 0.371. The molecule has 100 valence electrons. The molecule has 1 aliphatic rings. The van der Waals surface area contributed by atoms with E-state index >= 15 is 0 Å². The van der Waals surface area contributed by atoms with Gasteiger partial charge in [0.2, 0.25) is 0 Å². The zero-order valence-corrected chi connectivity index (χ0v) is 11.0. The first kappa shape index (κ1) is 14.5. The van der Waals surface area contributed by atoms with E-state index in [1.807, 2.05) is 11.8 Å². The van der Waals surface area contributed by atoms with Crippen molar-refractivity contribution >= 4 is 5.97 Å². The highest BCUT2D eigenvalue weighted by Crippen LogP contribution is 2.23. The van der Waals surface area contributed by atoms with Crippen LogP contribution in [0.5, 0.6) is 0 Å². The van der Waals surface area contributed by atoms with Crippen molar-refractivity contribution in [2.24, 2.45) is 0 Å². The van der Waals surface area contributed by atoms with Crippen molar-refractivity contribution in [2.75, 3.05) is 13.1 Å². The molecule has 1 heterocycles. The Kier molecular flexibility index (Phi) is 5.40. The molecule has 2 N–H and O–H groups in total. The van der Waals surface area contributed by atoms with Crippen LogP contribution in [0.15, 0.2) is 0 Å². The summed E-state index contributed by atoms with van der Waals surface area (Å²) in [6.45, 7) is 5.40. The van der Waals surface area contributed by atoms with E-state index in [9.17, 15) is 15.0 Å². The van der Waals surface area contributed by atoms with Crippen LogP contribution in [0.3, 0.4) is 0 Å². The number of carbonyl (C=O) groups is 1. The van der Waals surface area contributed by atoms with Gasteiger partial charge < -0.3 is 10.2 Å². The number of aliphatic hydroxyl groups is 1. The SMILES string of the molecule is CCCCC(C(=O)O)N1CCCC(C)(O)CC1. The van der Waals surface area contributed by atoms with E-state index in [0.29, 0.717) is 19.4 Å². The van der Waals surface area contributed by atoms with Gasteiger partial charge in [0.05, 0.1) is 5.60 Å². The zero-order valence-electron chi connectivity index (χ0n) is 11.0. The molecule has 1 saturated heterocycles. The third kappa shape index (κ3) is 4.64. The highest BCUT2D eigenvalue weighted by molar-refractivity contribution is 5.73. The predicted octanol–water partition coefficient (Wildman–Crippen LogP) is 1.87. The van der Waals surface area contributed by atoms with Crippen molar-refractivity contribution in [1.29, 1.82) is 0 Å². The summed E-state index contributed by atoms with van der Waals surface area (Å²) >= 11 is 0. The Labute approximate surface area is 104 Å². The molecule has 0 bridgehead atoms. The first-order valence-electron chi connectivity index (χ1n) is 6.65. The topological polar surface area (TPSA) is 60.8 Å². The first-order chi connectivity index (χ1) is 7.96. The molecule has 0 aromatic heterocycles. The Morgan fingerprint density at radius 1 is 1.41 bits per heavy atom. The van der Waals surface area contributed by atoms with Gasteiger partial charge in [-0.15, -0.1) is 0 Å². The Morgan fingerprint density at radius 3 is 2.71 bits per heavy atom. The fraction of sp³-hybridized carbons (Fsp3) is 0.923. The normalized spacial score (nSPS) is 28.6. The lowest BCUT2D eigenvalue weighted by Gasteiger charge is -2.28. The van der Waals surface area contributed by atoms with E-state index in [-0.39, 0.29) is 6.04 Å². The van der Waals surface area contributed by atoms with Crippen molar-refractivity contribution in [1.82, 2.24) is 4.90 Å². The number of hydrogen-bond acceptors (Lipinski definition) is 3. The number of carboxylic acids is 1. The Morgan fingerprint density at radius 2 is 2.12 bits per heavy atom. The van der Waals surface area contributed by atoms with Crippen LogP contribution in [0.25, 0.3) is 0 Å². The summed E-state index contributed by atoms with van der Waals surface area (Å²) in [6, 6.07) is -0.371. The van der Waals surface area contributed by atoms with Gasteiger partial charge in [-0.2, -0.15) is 0 Å². The molecule has 1 rings (SSSR count). The predicted molar refractivity (Wildman–Crippen MR) is 67.0 cm³/mol. The molecule has 17 heavy (non-hydrogen) atoms. The summed E-state index contributed by atoms with van der Waals surface area (Å²) in [4.78, 5) is 13.3. The number of carboxylic acid groups (broad SMARTS) is 1. The van der Waals surface area contributed by atoms with Gasteiger partial charge in [0.15, 0.2) is 0 Å². The van der Waals surface area contributed by atoms with Crippen LogP contribution >= 0.6 is 0 Å². The van der Waals surface area contributed by atoms with Crippen LogP contribution in [-0.4, -0.2) is 45.8 Å².